The molecule has 0 amide bonds. The number of esters is 2. The van der Waals surface area contributed by atoms with Crippen molar-refractivity contribution >= 4 is 58.3 Å². The van der Waals surface area contributed by atoms with Crippen molar-refractivity contribution in [3.63, 3.8) is 0 Å². The molecule has 0 aromatic heterocycles. The summed E-state index contributed by atoms with van der Waals surface area (Å²) in [6.45, 7) is 0. The predicted octanol–water partition coefficient (Wildman–Crippen LogP) is 7.93. The van der Waals surface area contributed by atoms with Crippen LogP contribution in [0.5, 0.6) is 11.5 Å². The third kappa shape index (κ3) is 8.35. The first-order chi connectivity index (χ1) is 14.4. The van der Waals surface area contributed by atoms with Crippen LogP contribution in [-0.4, -0.2) is 11.9 Å². The van der Waals surface area contributed by atoms with E-state index in [1.54, 1.807) is 36.4 Å². The highest BCUT2D eigenvalue weighted by Gasteiger charge is 2.11. The van der Waals surface area contributed by atoms with Gasteiger partial charge in [-0.15, -0.1) is 0 Å². The zero-order chi connectivity index (χ0) is 21.9. The summed E-state index contributed by atoms with van der Waals surface area (Å²) in [6.07, 6.45) is 5.84. The maximum atomic E-state index is 11.9. The van der Waals surface area contributed by atoms with Gasteiger partial charge < -0.3 is 9.47 Å². The van der Waals surface area contributed by atoms with Crippen LogP contribution >= 0.6 is 46.4 Å². The molecule has 0 aliphatic carbocycles. The fourth-order valence-corrected chi connectivity index (χ4v) is 3.38. The van der Waals surface area contributed by atoms with Crippen molar-refractivity contribution in [1.82, 2.24) is 0 Å². The molecule has 0 bridgehead atoms. The van der Waals surface area contributed by atoms with E-state index in [2.05, 4.69) is 0 Å². The number of rotatable bonds is 11. The van der Waals surface area contributed by atoms with E-state index in [-0.39, 0.29) is 33.5 Å². The molecule has 0 saturated heterocycles. The third-order valence-corrected chi connectivity index (χ3v) is 5.89. The van der Waals surface area contributed by atoms with Crippen LogP contribution in [0, 0.1) is 0 Å². The zero-order valence-electron chi connectivity index (χ0n) is 16.3. The van der Waals surface area contributed by atoms with Crippen LogP contribution in [0.1, 0.15) is 51.4 Å². The topological polar surface area (TPSA) is 52.6 Å². The van der Waals surface area contributed by atoms with Gasteiger partial charge in [0.15, 0.2) is 11.5 Å². The second kappa shape index (κ2) is 13.1. The lowest BCUT2D eigenvalue weighted by atomic mass is 10.1. The molecule has 0 unspecified atom stereocenters. The van der Waals surface area contributed by atoms with E-state index in [1.165, 1.54) is 0 Å². The van der Waals surface area contributed by atoms with Gasteiger partial charge in [-0.2, -0.15) is 0 Å². The van der Waals surface area contributed by atoms with Crippen molar-refractivity contribution in [1.29, 1.82) is 0 Å². The van der Waals surface area contributed by atoms with Gasteiger partial charge in [0.1, 0.15) is 10.0 Å². The quantitative estimate of drug-likeness (QED) is 0.182. The molecule has 0 fully saturated rings. The maximum Gasteiger partial charge on any atom is 0.311 e. The van der Waals surface area contributed by atoms with E-state index in [0.717, 1.165) is 38.5 Å². The minimum atomic E-state index is -0.332. The van der Waals surface area contributed by atoms with Gasteiger partial charge in [-0.25, -0.2) is 0 Å². The summed E-state index contributed by atoms with van der Waals surface area (Å²) in [5.41, 5.74) is 0. The molecule has 0 spiro atoms. The highest BCUT2D eigenvalue weighted by molar-refractivity contribution is 6.43. The summed E-state index contributed by atoms with van der Waals surface area (Å²) in [5, 5.41) is 1.18. The van der Waals surface area contributed by atoms with Crippen LogP contribution in [0.25, 0.3) is 0 Å². The fraction of sp³-hybridized carbons (Fsp3) is 0.364. The van der Waals surface area contributed by atoms with Crippen molar-refractivity contribution < 1.29 is 19.1 Å². The molecule has 0 aliphatic heterocycles. The Bertz CT molecular complexity index is 799. The van der Waals surface area contributed by atoms with E-state index in [4.69, 9.17) is 55.9 Å². The molecule has 2 aromatic carbocycles. The predicted molar refractivity (Wildman–Crippen MR) is 121 cm³/mol. The number of halogens is 4. The molecule has 0 heterocycles. The molecule has 0 atom stereocenters. The highest BCUT2D eigenvalue weighted by atomic mass is 35.5. The molecular weight excluding hydrogens is 470 g/mol. The smallest absolute Gasteiger partial charge is 0.311 e. The van der Waals surface area contributed by atoms with Gasteiger partial charge in [-0.05, 0) is 37.1 Å². The summed E-state index contributed by atoms with van der Waals surface area (Å²) >= 11 is 23.8. The SMILES string of the molecule is O=C(CCCCCCCCC(=O)Oc1cccc(Cl)c1Cl)Oc1cccc(Cl)c1Cl. The first kappa shape index (κ1) is 24.8. The van der Waals surface area contributed by atoms with Gasteiger partial charge in [0.25, 0.3) is 0 Å². The summed E-state index contributed by atoms with van der Waals surface area (Å²) in [4.78, 5) is 23.8. The number of hydrogen-bond acceptors (Lipinski definition) is 4. The molecule has 30 heavy (non-hydrogen) atoms. The van der Waals surface area contributed by atoms with E-state index in [1.807, 2.05) is 0 Å². The van der Waals surface area contributed by atoms with Gasteiger partial charge in [0.2, 0.25) is 0 Å². The average Bonchev–Trinajstić information content (AvgIpc) is 2.71. The van der Waals surface area contributed by atoms with Gasteiger partial charge in [0.05, 0.1) is 10.0 Å². The number of unbranched alkanes of at least 4 members (excludes halogenated alkanes) is 5. The van der Waals surface area contributed by atoms with Crippen molar-refractivity contribution in [3.05, 3.63) is 56.5 Å². The highest BCUT2D eigenvalue weighted by Crippen LogP contribution is 2.32. The number of ether oxygens (including phenoxy) is 2. The normalized spacial score (nSPS) is 10.7. The molecule has 4 nitrogen and oxygen atoms in total. The average molecular weight is 492 g/mol. The van der Waals surface area contributed by atoms with Gasteiger partial charge in [0, 0.05) is 12.8 Å². The first-order valence-electron chi connectivity index (χ1n) is 9.68. The monoisotopic (exact) mass is 490 g/mol. The summed E-state index contributed by atoms with van der Waals surface area (Å²) in [6, 6.07) is 9.84. The molecule has 2 rings (SSSR count). The molecule has 8 heteroatoms. The van der Waals surface area contributed by atoms with E-state index in [0.29, 0.717) is 22.9 Å². The molecule has 0 radical (unpaired) electrons. The van der Waals surface area contributed by atoms with Gasteiger partial charge in [-0.1, -0.05) is 84.2 Å². The Balaban J connectivity index is 1.52. The summed E-state index contributed by atoms with van der Waals surface area (Å²) in [7, 11) is 0. The molecular formula is C22H22Cl4O4. The Morgan fingerprint density at radius 3 is 1.37 bits per heavy atom. The molecule has 0 aliphatic rings. The number of hydrogen-bond donors (Lipinski definition) is 0. The van der Waals surface area contributed by atoms with Crippen molar-refractivity contribution in [3.8, 4) is 11.5 Å². The maximum absolute atomic E-state index is 11.9. The third-order valence-electron chi connectivity index (χ3n) is 4.29. The standard InChI is InChI=1S/C22H22Cl4O4/c23-15-9-7-11-17(21(15)25)29-19(27)13-5-3-1-2-4-6-14-20(28)30-18-12-8-10-16(24)22(18)26/h7-12H,1-6,13-14H2. The second-order valence-corrected chi connectivity index (χ2v) is 8.24. The van der Waals surface area contributed by atoms with Crippen molar-refractivity contribution in [2.24, 2.45) is 0 Å². The Morgan fingerprint density at radius 2 is 0.967 bits per heavy atom. The lowest BCUT2D eigenvalue weighted by Gasteiger charge is -2.07. The Kier molecular flexibility index (Phi) is 10.8. The Morgan fingerprint density at radius 1 is 0.600 bits per heavy atom. The van der Waals surface area contributed by atoms with E-state index < -0.39 is 0 Å². The Hall–Kier alpha value is -1.46. The fourth-order valence-electron chi connectivity index (χ4n) is 2.72. The van der Waals surface area contributed by atoms with Crippen molar-refractivity contribution in [2.45, 2.75) is 51.4 Å². The molecule has 2 aromatic rings. The largest absolute Gasteiger partial charge is 0.425 e. The molecule has 162 valence electrons. The number of carbonyl (C=O) groups is 2. The van der Waals surface area contributed by atoms with Crippen LogP contribution in [0.2, 0.25) is 20.1 Å². The van der Waals surface area contributed by atoms with Crippen LogP contribution in [0.4, 0.5) is 0 Å². The van der Waals surface area contributed by atoms with Crippen molar-refractivity contribution in [2.75, 3.05) is 0 Å². The summed E-state index contributed by atoms with van der Waals surface area (Å²) in [5.74, 6) is -0.108. The minimum absolute atomic E-state index is 0.240. The van der Waals surface area contributed by atoms with Crippen LogP contribution < -0.4 is 9.47 Å². The first-order valence-corrected chi connectivity index (χ1v) is 11.2. The molecule has 0 saturated carbocycles. The Labute approximate surface area is 196 Å². The van der Waals surface area contributed by atoms with Crippen LogP contribution in [0.15, 0.2) is 36.4 Å². The number of benzene rings is 2. The van der Waals surface area contributed by atoms with E-state index >= 15 is 0 Å². The molecule has 0 N–H and O–H groups in total. The zero-order valence-corrected chi connectivity index (χ0v) is 19.3. The second-order valence-electron chi connectivity index (χ2n) is 6.67. The lowest BCUT2D eigenvalue weighted by molar-refractivity contribution is -0.135. The van der Waals surface area contributed by atoms with Crippen LogP contribution in [-0.2, 0) is 9.59 Å². The minimum Gasteiger partial charge on any atom is -0.425 e. The summed E-state index contributed by atoms with van der Waals surface area (Å²) < 4.78 is 10.5. The lowest BCUT2D eigenvalue weighted by Crippen LogP contribution is -2.08. The number of carbonyl (C=O) groups excluding carboxylic acids is 2. The van der Waals surface area contributed by atoms with Gasteiger partial charge >= 0.3 is 11.9 Å². The van der Waals surface area contributed by atoms with E-state index in [9.17, 15) is 9.59 Å². The van der Waals surface area contributed by atoms with Crippen LogP contribution in [0.3, 0.4) is 0 Å². The van der Waals surface area contributed by atoms with Gasteiger partial charge in [-0.3, -0.25) is 9.59 Å².